The molecule has 0 aliphatic carbocycles. The van der Waals surface area contributed by atoms with Crippen molar-refractivity contribution in [3.8, 4) is 0 Å². The summed E-state index contributed by atoms with van der Waals surface area (Å²) in [5.41, 5.74) is 1.45. The van der Waals surface area contributed by atoms with Gasteiger partial charge in [0.2, 0.25) is 0 Å². The van der Waals surface area contributed by atoms with Gasteiger partial charge >= 0.3 is 0 Å². The first kappa shape index (κ1) is 14.1. The Morgan fingerprint density at radius 1 is 1.20 bits per heavy atom. The highest BCUT2D eigenvalue weighted by Gasteiger charge is 2.23. The number of hydrogen-bond donors (Lipinski definition) is 1. The maximum atomic E-state index is 5.45. The molecule has 0 bridgehead atoms. The van der Waals surface area contributed by atoms with E-state index >= 15 is 0 Å². The van der Waals surface area contributed by atoms with Gasteiger partial charge in [-0.15, -0.1) is 0 Å². The highest BCUT2D eigenvalue weighted by molar-refractivity contribution is 5.19. The second-order valence-corrected chi connectivity index (χ2v) is 6.06. The van der Waals surface area contributed by atoms with Crippen LogP contribution in [0.5, 0.6) is 0 Å². The molecule has 2 fully saturated rings. The Bertz CT molecular complexity index is 383. The smallest absolute Gasteiger partial charge is 0.0507 e. The average Bonchev–Trinajstić information content (AvgIpc) is 3.18. The fraction of sp³-hybridized carbons (Fsp3) is 0.647. The van der Waals surface area contributed by atoms with Crippen LogP contribution in [0.15, 0.2) is 30.3 Å². The van der Waals surface area contributed by atoms with Crippen LogP contribution in [0.4, 0.5) is 0 Å². The molecular weight excluding hydrogens is 248 g/mol. The van der Waals surface area contributed by atoms with Crippen molar-refractivity contribution in [3.05, 3.63) is 35.9 Å². The molecule has 20 heavy (non-hydrogen) atoms. The minimum Gasteiger partial charge on any atom is -0.381 e. The SMILES string of the molecule is c1ccc(C(CNCC2CCOC2)N2CCCC2)cc1. The van der Waals surface area contributed by atoms with E-state index in [1.165, 1.54) is 37.9 Å². The van der Waals surface area contributed by atoms with Crippen molar-refractivity contribution < 1.29 is 4.74 Å². The number of benzene rings is 1. The molecule has 0 spiro atoms. The van der Waals surface area contributed by atoms with Gasteiger partial charge in [0.25, 0.3) is 0 Å². The van der Waals surface area contributed by atoms with Crippen LogP contribution >= 0.6 is 0 Å². The van der Waals surface area contributed by atoms with Crippen molar-refractivity contribution in [2.24, 2.45) is 5.92 Å². The fourth-order valence-electron chi connectivity index (χ4n) is 3.35. The van der Waals surface area contributed by atoms with Gasteiger partial charge in [0, 0.05) is 25.7 Å². The minimum atomic E-state index is 0.529. The van der Waals surface area contributed by atoms with Crippen molar-refractivity contribution >= 4 is 0 Å². The summed E-state index contributed by atoms with van der Waals surface area (Å²) in [6.07, 6.45) is 3.91. The van der Waals surface area contributed by atoms with Crippen molar-refractivity contribution in [2.75, 3.05) is 39.4 Å². The van der Waals surface area contributed by atoms with E-state index in [0.717, 1.165) is 26.3 Å². The van der Waals surface area contributed by atoms with Crippen molar-refractivity contribution in [3.63, 3.8) is 0 Å². The number of rotatable bonds is 6. The monoisotopic (exact) mass is 274 g/mol. The quantitative estimate of drug-likeness (QED) is 0.862. The van der Waals surface area contributed by atoms with Gasteiger partial charge in [0.15, 0.2) is 0 Å². The van der Waals surface area contributed by atoms with Gasteiger partial charge in [-0.1, -0.05) is 30.3 Å². The lowest BCUT2D eigenvalue weighted by atomic mass is 10.0. The molecule has 2 aliphatic rings. The van der Waals surface area contributed by atoms with Gasteiger partial charge < -0.3 is 10.1 Å². The summed E-state index contributed by atoms with van der Waals surface area (Å²) in [5.74, 6) is 0.713. The molecule has 2 atom stereocenters. The van der Waals surface area contributed by atoms with E-state index in [4.69, 9.17) is 4.74 Å². The molecule has 0 saturated carbocycles. The van der Waals surface area contributed by atoms with E-state index in [9.17, 15) is 0 Å². The third kappa shape index (κ3) is 3.60. The summed E-state index contributed by atoms with van der Waals surface area (Å²) in [6.45, 7) is 6.52. The first-order valence-electron chi connectivity index (χ1n) is 8.01. The number of ether oxygens (including phenoxy) is 1. The van der Waals surface area contributed by atoms with Crippen LogP contribution in [-0.4, -0.2) is 44.3 Å². The van der Waals surface area contributed by atoms with Crippen LogP contribution in [0.25, 0.3) is 0 Å². The molecule has 1 aromatic rings. The summed E-state index contributed by atoms with van der Waals surface area (Å²) >= 11 is 0. The topological polar surface area (TPSA) is 24.5 Å². The Morgan fingerprint density at radius 3 is 2.70 bits per heavy atom. The average molecular weight is 274 g/mol. The normalized spacial score (nSPS) is 25.1. The zero-order chi connectivity index (χ0) is 13.6. The standard InChI is InChI=1S/C17H26N2O/c1-2-6-16(7-3-1)17(19-9-4-5-10-19)13-18-12-15-8-11-20-14-15/h1-3,6-7,15,17-18H,4-5,8-14H2. The van der Waals surface area contributed by atoms with Gasteiger partial charge in [-0.2, -0.15) is 0 Å². The molecule has 2 aliphatic heterocycles. The first-order chi connectivity index (χ1) is 9.93. The van der Waals surface area contributed by atoms with E-state index in [2.05, 4.69) is 40.5 Å². The molecule has 3 nitrogen and oxygen atoms in total. The number of nitrogens with one attached hydrogen (secondary N) is 1. The van der Waals surface area contributed by atoms with E-state index in [1.54, 1.807) is 0 Å². The van der Waals surface area contributed by atoms with Crippen molar-refractivity contribution in [2.45, 2.75) is 25.3 Å². The van der Waals surface area contributed by atoms with Crippen LogP contribution in [0.1, 0.15) is 30.9 Å². The molecule has 2 saturated heterocycles. The number of hydrogen-bond acceptors (Lipinski definition) is 3. The highest BCUT2D eigenvalue weighted by Crippen LogP contribution is 2.24. The van der Waals surface area contributed by atoms with E-state index in [0.29, 0.717) is 12.0 Å². The van der Waals surface area contributed by atoms with Gasteiger partial charge in [-0.05, 0) is 43.8 Å². The van der Waals surface area contributed by atoms with Gasteiger partial charge in [-0.25, -0.2) is 0 Å². The second-order valence-electron chi connectivity index (χ2n) is 6.06. The summed E-state index contributed by atoms with van der Waals surface area (Å²) in [6, 6.07) is 11.5. The Kier molecular flexibility index (Phi) is 5.06. The molecular formula is C17H26N2O. The molecule has 0 aromatic heterocycles. The van der Waals surface area contributed by atoms with Crippen LogP contribution < -0.4 is 5.32 Å². The summed E-state index contributed by atoms with van der Waals surface area (Å²) < 4.78 is 5.45. The van der Waals surface area contributed by atoms with E-state index in [1.807, 2.05) is 0 Å². The van der Waals surface area contributed by atoms with Gasteiger partial charge in [-0.3, -0.25) is 4.90 Å². The molecule has 3 rings (SSSR count). The van der Waals surface area contributed by atoms with Crippen molar-refractivity contribution in [1.29, 1.82) is 0 Å². The van der Waals surface area contributed by atoms with E-state index < -0.39 is 0 Å². The largest absolute Gasteiger partial charge is 0.381 e. The summed E-state index contributed by atoms with van der Waals surface area (Å²) in [5, 5.41) is 3.68. The molecule has 0 radical (unpaired) electrons. The van der Waals surface area contributed by atoms with Crippen molar-refractivity contribution in [1.82, 2.24) is 10.2 Å². The predicted octanol–water partition coefficient (Wildman–Crippen LogP) is 2.45. The van der Waals surface area contributed by atoms with Crippen LogP contribution in [0, 0.1) is 5.92 Å². The number of nitrogens with zero attached hydrogens (tertiary/aromatic N) is 1. The Balaban J connectivity index is 1.57. The lowest BCUT2D eigenvalue weighted by Gasteiger charge is -2.28. The maximum Gasteiger partial charge on any atom is 0.0507 e. The Labute approximate surface area is 122 Å². The van der Waals surface area contributed by atoms with Crippen LogP contribution in [0.2, 0.25) is 0 Å². The lowest BCUT2D eigenvalue weighted by molar-refractivity contribution is 0.183. The van der Waals surface area contributed by atoms with Gasteiger partial charge in [0.05, 0.1) is 6.61 Å². The van der Waals surface area contributed by atoms with Crippen LogP contribution in [-0.2, 0) is 4.74 Å². The molecule has 2 unspecified atom stereocenters. The molecule has 3 heteroatoms. The fourth-order valence-corrected chi connectivity index (χ4v) is 3.35. The molecule has 1 N–H and O–H groups in total. The first-order valence-corrected chi connectivity index (χ1v) is 8.01. The molecule has 2 heterocycles. The lowest BCUT2D eigenvalue weighted by Crippen LogP contribution is -2.36. The minimum absolute atomic E-state index is 0.529. The predicted molar refractivity (Wildman–Crippen MR) is 81.8 cm³/mol. The van der Waals surface area contributed by atoms with E-state index in [-0.39, 0.29) is 0 Å². The van der Waals surface area contributed by atoms with Crippen LogP contribution in [0.3, 0.4) is 0 Å². The zero-order valence-electron chi connectivity index (χ0n) is 12.3. The number of likely N-dealkylation sites (tertiary alicyclic amines) is 1. The third-order valence-electron chi connectivity index (χ3n) is 4.56. The molecule has 110 valence electrons. The Hall–Kier alpha value is -0.900. The highest BCUT2D eigenvalue weighted by atomic mass is 16.5. The summed E-state index contributed by atoms with van der Waals surface area (Å²) in [4.78, 5) is 2.63. The molecule has 0 amide bonds. The second kappa shape index (κ2) is 7.21. The summed E-state index contributed by atoms with van der Waals surface area (Å²) in [7, 11) is 0. The maximum absolute atomic E-state index is 5.45. The third-order valence-corrected chi connectivity index (χ3v) is 4.56. The van der Waals surface area contributed by atoms with Gasteiger partial charge in [0.1, 0.15) is 0 Å². The molecule has 1 aromatic carbocycles. The zero-order valence-corrected chi connectivity index (χ0v) is 12.3. The Morgan fingerprint density at radius 2 is 2.00 bits per heavy atom.